The molecule has 1 aromatic carbocycles. The smallest absolute Gasteiger partial charge is 0.288 e. The zero-order valence-electron chi connectivity index (χ0n) is 13.6. The average Bonchev–Trinajstić information content (AvgIpc) is 3.12. The summed E-state index contributed by atoms with van der Waals surface area (Å²) in [6.07, 6.45) is -3.27. The lowest BCUT2D eigenvalue weighted by Crippen LogP contribution is -2.15. The van der Waals surface area contributed by atoms with Crippen molar-refractivity contribution < 1.29 is 18.0 Å². The highest BCUT2D eigenvalue weighted by molar-refractivity contribution is 9.10. The van der Waals surface area contributed by atoms with E-state index in [-0.39, 0.29) is 5.95 Å². The number of aromatic nitrogens is 5. The molecule has 3 rings (SSSR count). The SMILES string of the molecule is Cn1nc(C(=O)Nc2ncn(Cc3ccc(Cl)cc3)n2)c(Br)c1C(F)(F)F. The zero-order chi connectivity index (χ0) is 19.8. The van der Waals surface area contributed by atoms with E-state index < -0.39 is 27.9 Å². The Hall–Kier alpha value is -2.40. The fourth-order valence-corrected chi connectivity index (χ4v) is 3.18. The molecule has 2 aromatic heterocycles. The molecule has 3 aromatic rings. The summed E-state index contributed by atoms with van der Waals surface area (Å²) in [5.41, 5.74) is -0.572. The molecular formula is C15H11BrClF3N6O. The first-order valence-electron chi connectivity index (χ1n) is 7.40. The molecule has 2 heterocycles. The Bertz CT molecular complexity index is 983. The molecule has 0 aliphatic rings. The molecule has 0 fully saturated rings. The van der Waals surface area contributed by atoms with Gasteiger partial charge in [0.15, 0.2) is 11.4 Å². The summed E-state index contributed by atoms with van der Waals surface area (Å²) in [6, 6.07) is 7.08. The van der Waals surface area contributed by atoms with Crippen molar-refractivity contribution in [1.82, 2.24) is 24.5 Å². The van der Waals surface area contributed by atoms with Crippen LogP contribution in [-0.2, 0) is 19.8 Å². The number of rotatable bonds is 4. The molecule has 0 atom stereocenters. The zero-order valence-corrected chi connectivity index (χ0v) is 16.0. The second kappa shape index (κ2) is 7.31. The van der Waals surface area contributed by atoms with Gasteiger partial charge in [0.25, 0.3) is 5.91 Å². The number of carbonyl (C=O) groups is 1. The Morgan fingerprint density at radius 3 is 2.52 bits per heavy atom. The predicted molar refractivity (Wildman–Crippen MR) is 94.4 cm³/mol. The summed E-state index contributed by atoms with van der Waals surface area (Å²) in [7, 11) is 1.10. The molecule has 1 amide bonds. The lowest BCUT2D eigenvalue weighted by atomic mass is 10.2. The molecule has 0 unspecified atom stereocenters. The molecule has 1 N–H and O–H groups in total. The number of halogens is 5. The van der Waals surface area contributed by atoms with Gasteiger partial charge in [-0.2, -0.15) is 18.3 Å². The van der Waals surface area contributed by atoms with Crippen molar-refractivity contribution in [1.29, 1.82) is 0 Å². The molecular weight excluding hydrogens is 453 g/mol. The first-order valence-corrected chi connectivity index (χ1v) is 8.57. The standard InChI is InChI=1S/C15H11BrClF3N6O/c1-25-12(15(18,19)20)10(16)11(23-25)13(27)22-14-21-7-26(24-14)6-8-2-4-9(17)5-3-8/h2-5,7H,6H2,1H3,(H,22,24,27). The summed E-state index contributed by atoms with van der Waals surface area (Å²) < 4.78 is 40.6. The van der Waals surface area contributed by atoms with Gasteiger partial charge in [-0.3, -0.25) is 14.8 Å². The van der Waals surface area contributed by atoms with Gasteiger partial charge in [0.2, 0.25) is 5.95 Å². The van der Waals surface area contributed by atoms with Crippen LogP contribution in [0.15, 0.2) is 35.1 Å². The Balaban J connectivity index is 1.74. The Morgan fingerprint density at radius 2 is 1.93 bits per heavy atom. The van der Waals surface area contributed by atoms with Crippen LogP contribution < -0.4 is 5.32 Å². The fraction of sp³-hybridized carbons (Fsp3) is 0.200. The Morgan fingerprint density at radius 1 is 1.26 bits per heavy atom. The van der Waals surface area contributed by atoms with Crippen molar-refractivity contribution in [3.63, 3.8) is 0 Å². The van der Waals surface area contributed by atoms with Gasteiger partial charge in [-0.25, -0.2) is 9.67 Å². The number of anilines is 1. The fourth-order valence-electron chi connectivity index (χ4n) is 2.32. The summed E-state index contributed by atoms with van der Waals surface area (Å²) in [6.45, 7) is 0.380. The Labute approximate surface area is 164 Å². The quantitative estimate of drug-likeness (QED) is 0.639. The molecule has 12 heteroatoms. The summed E-state index contributed by atoms with van der Waals surface area (Å²) in [4.78, 5) is 16.2. The minimum atomic E-state index is -4.66. The summed E-state index contributed by atoms with van der Waals surface area (Å²) in [5, 5.41) is 10.6. The molecule has 0 radical (unpaired) electrons. The largest absolute Gasteiger partial charge is 0.434 e. The van der Waals surface area contributed by atoms with E-state index >= 15 is 0 Å². The van der Waals surface area contributed by atoms with Gasteiger partial charge < -0.3 is 0 Å². The molecule has 0 aliphatic heterocycles. The van der Waals surface area contributed by atoms with Crippen molar-refractivity contribution in [2.75, 3.05) is 5.32 Å². The van der Waals surface area contributed by atoms with E-state index in [0.717, 1.165) is 12.6 Å². The van der Waals surface area contributed by atoms with Crippen molar-refractivity contribution >= 4 is 39.4 Å². The third kappa shape index (κ3) is 4.30. The number of alkyl halides is 3. The van der Waals surface area contributed by atoms with E-state index in [4.69, 9.17) is 11.6 Å². The van der Waals surface area contributed by atoms with Crippen LogP contribution in [0.25, 0.3) is 0 Å². The van der Waals surface area contributed by atoms with Crippen molar-refractivity contribution in [2.24, 2.45) is 7.05 Å². The first kappa shape index (κ1) is 19.4. The van der Waals surface area contributed by atoms with E-state index in [1.54, 1.807) is 12.1 Å². The Kier molecular flexibility index (Phi) is 5.24. The van der Waals surface area contributed by atoms with Crippen LogP contribution in [0.2, 0.25) is 5.02 Å². The van der Waals surface area contributed by atoms with Gasteiger partial charge in [-0.1, -0.05) is 23.7 Å². The third-order valence-corrected chi connectivity index (χ3v) is 4.50. The number of carbonyl (C=O) groups excluding carboxylic acids is 1. The number of nitrogens with one attached hydrogen (secondary N) is 1. The van der Waals surface area contributed by atoms with Crippen LogP contribution >= 0.6 is 27.5 Å². The van der Waals surface area contributed by atoms with Gasteiger partial charge in [0.05, 0.1) is 11.0 Å². The van der Waals surface area contributed by atoms with Crippen LogP contribution in [0.5, 0.6) is 0 Å². The summed E-state index contributed by atoms with van der Waals surface area (Å²) >= 11 is 8.61. The van der Waals surface area contributed by atoms with Gasteiger partial charge in [-0.05, 0) is 33.6 Å². The van der Waals surface area contributed by atoms with E-state index in [9.17, 15) is 18.0 Å². The van der Waals surface area contributed by atoms with Crippen molar-refractivity contribution in [2.45, 2.75) is 12.7 Å². The topological polar surface area (TPSA) is 77.6 Å². The number of hydrogen-bond acceptors (Lipinski definition) is 4. The van der Waals surface area contributed by atoms with Crippen LogP contribution in [0.3, 0.4) is 0 Å². The number of amides is 1. The number of aryl methyl sites for hydroxylation is 1. The monoisotopic (exact) mass is 462 g/mol. The van der Waals surface area contributed by atoms with E-state index in [0.29, 0.717) is 16.2 Å². The average molecular weight is 464 g/mol. The number of nitrogens with zero attached hydrogens (tertiary/aromatic N) is 5. The highest BCUT2D eigenvalue weighted by atomic mass is 79.9. The summed E-state index contributed by atoms with van der Waals surface area (Å²) in [5.74, 6) is -0.919. The molecule has 0 aliphatic carbocycles. The maximum Gasteiger partial charge on any atom is 0.434 e. The third-order valence-electron chi connectivity index (χ3n) is 3.49. The second-order valence-electron chi connectivity index (χ2n) is 5.48. The van der Waals surface area contributed by atoms with Crippen molar-refractivity contribution in [3.8, 4) is 0 Å². The molecule has 0 saturated heterocycles. The van der Waals surface area contributed by atoms with Gasteiger partial charge >= 0.3 is 6.18 Å². The highest BCUT2D eigenvalue weighted by Gasteiger charge is 2.39. The molecule has 0 spiro atoms. The number of hydrogen-bond donors (Lipinski definition) is 1. The van der Waals surface area contributed by atoms with Crippen molar-refractivity contribution in [3.05, 3.63) is 57.0 Å². The van der Waals surface area contributed by atoms with Crippen LogP contribution in [0.4, 0.5) is 19.1 Å². The lowest BCUT2D eigenvalue weighted by molar-refractivity contribution is -0.144. The maximum atomic E-state index is 13.0. The maximum absolute atomic E-state index is 13.0. The van der Waals surface area contributed by atoms with Crippen LogP contribution in [0.1, 0.15) is 21.7 Å². The van der Waals surface area contributed by atoms with Gasteiger partial charge in [0, 0.05) is 12.1 Å². The minimum Gasteiger partial charge on any atom is -0.288 e. The molecule has 0 bridgehead atoms. The van der Waals surface area contributed by atoms with E-state index in [1.807, 2.05) is 12.1 Å². The predicted octanol–water partition coefficient (Wildman–Crippen LogP) is 3.75. The molecule has 142 valence electrons. The molecule has 27 heavy (non-hydrogen) atoms. The van der Waals surface area contributed by atoms with Crippen LogP contribution in [0, 0.1) is 0 Å². The van der Waals surface area contributed by atoms with E-state index in [2.05, 4.69) is 36.4 Å². The van der Waals surface area contributed by atoms with Crippen LogP contribution in [-0.4, -0.2) is 30.5 Å². The van der Waals surface area contributed by atoms with E-state index in [1.165, 1.54) is 11.0 Å². The molecule has 0 saturated carbocycles. The number of benzene rings is 1. The second-order valence-corrected chi connectivity index (χ2v) is 6.71. The lowest BCUT2D eigenvalue weighted by Gasteiger charge is -2.06. The molecule has 7 nitrogen and oxygen atoms in total. The first-order chi connectivity index (χ1) is 12.6. The minimum absolute atomic E-state index is 0.0555. The van der Waals surface area contributed by atoms with Gasteiger partial charge in [0.1, 0.15) is 6.33 Å². The van der Waals surface area contributed by atoms with Gasteiger partial charge in [-0.15, -0.1) is 5.10 Å². The highest BCUT2D eigenvalue weighted by Crippen LogP contribution is 2.36. The normalized spacial score (nSPS) is 11.6.